The first kappa shape index (κ1) is 23.9. The van der Waals surface area contributed by atoms with E-state index in [2.05, 4.69) is 20.6 Å². The Morgan fingerprint density at radius 1 is 1.10 bits per heavy atom. The predicted molar refractivity (Wildman–Crippen MR) is 111 cm³/mol. The van der Waals surface area contributed by atoms with Crippen molar-refractivity contribution < 1.29 is 28.2 Å². The molecule has 7 nitrogen and oxygen atoms in total. The molecule has 1 unspecified atom stereocenters. The van der Waals surface area contributed by atoms with Gasteiger partial charge in [0.1, 0.15) is 5.82 Å². The molecule has 11 heteroatoms. The zero-order chi connectivity index (χ0) is 23.0. The Bertz CT molecular complexity index is 1030. The van der Waals surface area contributed by atoms with Crippen LogP contribution < -0.4 is 10.6 Å². The number of aromatic nitrogens is 2. The number of nitrogens with zero attached hydrogens (tertiary/aromatic N) is 2. The van der Waals surface area contributed by atoms with E-state index >= 15 is 0 Å². The Morgan fingerprint density at radius 2 is 1.77 bits per heavy atom. The number of benzene rings is 2. The van der Waals surface area contributed by atoms with E-state index in [4.69, 9.17) is 21.5 Å². The number of rotatable bonds is 5. The number of carbonyl (C=O) groups is 1. The van der Waals surface area contributed by atoms with Crippen molar-refractivity contribution in [1.82, 2.24) is 9.97 Å². The van der Waals surface area contributed by atoms with Gasteiger partial charge in [0.05, 0.1) is 6.10 Å². The third-order valence-corrected chi connectivity index (χ3v) is 3.89. The predicted octanol–water partition coefficient (Wildman–Crippen LogP) is 5.30. The fourth-order valence-corrected chi connectivity index (χ4v) is 2.49. The average molecular weight is 455 g/mol. The maximum absolute atomic E-state index is 10.6. The molecular formula is C20H18ClF3N4O3. The van der Waals surface area contributed by atoms with E-state index in [0.29, 0.717) is 16.8 Å². The molecule has 0 saturated carbocycles. The first-order chi connectivity index (χ1) is 14.6. The van der Waals surface area contributed by atoms with Gasteiger partial charge in [-0.25, -0.2) is 9.78 Å². The number of nitrogens with one attached hydrogen (secondary N) is 2. The van der Waals surface area contributed by atoms with E-state index in [1.54, 1.807) is 31.3 Å². The van der Waals surface area contributed by atoms with Gasteiger partial charge in [0.2, 0.25) is 5.95 Å². The van der Waals surface area contributed by atoms with Crippen molar-refractivity contribution in [2.75, 3.05) is 10.6 Å². The van der Waals surface area contributed by atoms with Gasteiger partial charge < -0.3 is 20.8 Å². The van der Waals surface area contributed by atoms with Crippen LogP contribution in [0.2, 0.25) is 5.02 Å². The Kier molecular flexibility index (Phi) is 8.17. The molecule has 3 aromatic rings. The number of aliphatic hydroxyl groups excluding tert-OH is 1. The van der Waals surface area contributed by atoms with Crippen LogP contribution in [0.4, 0.5) is 36.3 Å². The van der Waals surface area contributed by atoms with Gasteiger partial charge in [-0.1, -0.05) is 35.9 Å². The van der Waals surface area contributed by atoms with Gasteiger partial charge in [-0.15, -0.1) is 0 Å². The number of carboxylic acids is 1. The third-order valence-electron chi connectivity index (χ3n) is 3.65. The summed E-state index contributed by atoms with van der Waals surface area (Å²) in [5.74, 6) is -1.67. The second kappa shape index (κ2) is 10.6. The van der Waals surface area contributed by atoms with E-state index in [9.17, 15) is 18.3 Å². The smallest absolute Gasteiger partial charge is 0.475 e. The molecule has 0 radical (unpaired) electrons. The summed E-state index contributed by atoms with van der Waals surface area (Å²) in [6, 6.07) is 16.7. The first-order valence-electron chi connectivity index (χ1n) is 8.76. The fraction of sp³-hybridized carbons (Fsp3) is 0.150. The molecule has 0 aliphatic rings. The number of anilines is 4. The van der Waals surface area contributed by atoms with Crippen LogP contribution >= 0.6 is 11.6 Å². The van der Waals surface area contributed by atoms with Crippen molar-refractivity contribution >= 4 is 40.7 Å². The van der Waals surface area contributed by atoms with Crippen molar-refractivity contribution in [2.45, 2.75) is 19.2 Å². The zero-order valence-electron chi connectivity index (χ0n) is 16.1. The lowest BCUT2D eigenvalue weighted by atomic mass is 10.1. The zero-order valence-corrected chi connectivity index (χ0v) is 16.8. The molecule has 0 aliphatic carbocycles. The highest BCUT2D eigenvalue weighted by atomic mass is 35.5. The number of alkyl halides is 3. The van der Waals surface area contributed by atoms with Crippen molar-refractivity contribution in [3.63, 3.8) is 0 Å². The molecule has 4 N–H and O–H groups in total. The molecule has 1 heterocycles. The van der Waals surface area contributed by atoms with Gasteiger partial charge in [0, 0.05) is 28.2 Å². The Labute approximate surface area is 180 Å². The lowest BCUT2D eigenvalue weighted by Crippen LogP contribution is -2.21. The van der Waals surface area contributed by atoms with Crippen LogP contribution in [0.5, 0.6) is 0 Å². The molecule has 0 saturated heterocycles. The quantitative estimate of drug-likeness (QED) is 0.414. The minimum atomic E-state index is -5.08. The standard InChI is InChI=1S/C18H17ClN4O.C2HF3O2/c1-12(24)15-7-2-3-8-16(15)22-17-9-10-20-18(23-17)21-14-6-4-5-13(19)11-14;3-2(4,5)1(6)7/h2-12,24H,1H3,(H2,20,21,22,23);(H,6,7). The largest absolute Gasteiger partial charge is 0.490 e. The summed E-state index contributed by atoms with van der Waals surface area (Å²) in [5.41, 5.74) is 2.42. The molecule has 0 fully saturated rings. The topological polar surface area (TPSA) is 107 Å². The normalized spacial score (nSPS) is 11.7. The van der Waals surface area contributed by atoms with Crippen molar-refractivity contribution in [3.8, 4) is 0 Å². The molecule has 3 rings (SSSR count). The number of aliphatic hydroxyl groups is 1. The third kappa shape index (κ3) is 7.76. The van der Waals surface area contributed by atoms with E-state index in [-0.39, 0.29) is 0 Å². The molecular weight excluding hydrogens is 437 g/mol. The number of hydrogen-bond donors (Lipinski definition) is 4. The van der Waals surface area contributed by atoms with Crippen LogP contribution in [0.3, 0.4) is 0 Å². The number of para-hydroxylation sites is 1. The first-order valence-corrected chi connectivity index (χ1v) is 9.14. The van der Waals surface area contributed by atoms with Crippen LogP contribution in [0.15, 0.2) is 60.8 Å². The maximum atomic E-state index is 10.6. The van der Waals surface area contributed by atoms with Gasteiger partial charge in [-0.05, 0) is 37.3 Å². The number of aliphatic carboxylic acids is 1. The summed E-state index contributed by atoms with van der Waals surface area (Å²) >= 11 is 5.98. The molecule has 0 aliphatic heterocycles. The lowest BCUT2D eigenvalue weighted by Gasteiger charge is -2.14. The highest BCUT2D eigenvalue weighted by molar-refractivity contribution is 6.30. The van der Waals surface area contributed by atoms with E-state index < -0.39 is 18.2 Å². The van der Waals surface area contributed by atoms with E-state index in [1.165, 1.54) is 0 Å². The summed E-state index contributed by atoms with van der Waals surface area (Å²) in [5, 5.41) is 24.0. The molecule has 31 heavy (non-hydrogen) atoms. The monoisotopic (exact) mass is 454 g/mol. The lowest BCUT2D eigenvalue weighted by molar-refractivity contribution is -0.192. The molecule has 164 valence electrons. The van der Waals surface area contributed by atoms with E-state index in [1.807, 2.05) is 36.4 Å². The van der Waals surface area contributed by atoms with Gasteiger partial charge in [-0.3, -0.25) is 0 Å². The maximum Gasteiger partial charge on any atom is 0.490 e. The number of halogens is 4. The van der Waals surface area contributed by atoms with Crippen LogP contribution in [0, 0.1) is 0 Å². The number of carboxylic acid groups (broad SMARTS) is 1. The van der Waals surface area contributed by atoms with Crippen molar-refractivity contribution in [2.24, 2.45) is 0 Å². The fourth-order valence-electron chi connectivity index (χ4n) is 2.30. The summed E-state index contributed by atoms with van der Waals surface area (Å²) in [6.45, 7) is 1.73. The van der Waals surface area contributed by atoms with Crippen LogP contribution in [0.1, 0.15) is 18.6 Å². The second-order valence-corrected chi connectivity index (χ2v) is 6.53. The minimum absolute atomic E-state index is 0.455. The summed E-state index contributed by atoms with van der Waals surface area (Å²) < 4.78 is 31.7. The highest BCUT2D eigenvalue weighted by Gasteiger charge is 2.38. The van der Waals surface area contributed by atoms with Gasteiger partial charge in [-0.2, -0.15) is 18.2 Å². The van der Waals surface area contributed by atoms with E-state index in [0.717, 1.165) is 16.9 Å². The minimum Gasteiger partial charge on any atom is -0.475 e. The van der Waals surface area contributed by atoms with Gasteiger partial charge in [0.25, 0.3) is 0 Å². The van der Waals surface area contributed by atoms with Crippen LogP contribution in [-0.2, 0) is 4.79 Å². The number of hydrogen-bond acceptors (Lipinski definition) is 6. The summed E-state index contributed by atoms with van der Waals surface area (Å²) in [4.78, 5) is 17.5. The Hall–Kier alpha value is -3.37. The summed E-state index contributed by atoms with van der Waals surface area (Å²) in [6.07, 6.45) is -3.99. The molecule has 0 spiro atoms. The van der Waals surface area contributed by atoms with Gasteiger partial charge in [0.15, 0.2) is 0 Å². The van der Waals surface area contributed by atoms with Crippen LogP contribution in [0.25, 0.3) is 0 Å². The van der Waals surface area contributed by atoms with Gasteiger partial charge >= 0.3 is 12.1 Å². The Morgan fingerprint density at radius 3 is 2.39 bits per heavy atom. The molecule has 1 aromatic heterocycles. The molecule has 2 aromatic carbocycles. The van der Waals surface area contributed by atoms with Crippen molar-refractivity contribution in [1.29, 1.82) is 0 Å². The molecule has 0 bridgehead atoms. The highest BCUT2D eigenvalue weighted by Crippen LogP contribution is 2.25. The van der Waals surface area contributed by atoms with Crippen molar-refractivity contribution in [3.05, 3.63) is 71.4 Å². The Balaban J connectivity index is 0.000000423. The molecule has 1 atom stereocenters. The molecule has 0 amide bonds. The van der Waals surface area contributed by atoms with Crippen LogP contribution in [-0.4, -0.2) is 32.3 Å². The SMILES string of the molecule is CC(O)c1ccccc1Nc1ccnc(Nc2cccc(Cl)c2)n1.O=C(O)C(F)(F)F. The summed E-state index contributed by atoms with van der Waals surface area (Å²) in [7, 11) is 0. The second-order valence-electron chi connectivity index (χ2n) is 6.09. The average Bonchev–Trinajstić information content (AvgIpc) is 2.68.